The van der Waals surface area contributed by atoms with Crippen LogP contribution < -0.4 is 4.90 Å². The van der Waals surface area contributed by atoms with Crippen LogP contribution in [0.2, 0.25) is 0 Å². The molecule has 2 atom stereocenters. The number of nitrogens with zero attached hydrogens (tertiary/aromatic N) is 2. The van der Waals surface area contributed by atoms with Crippen molar-refractivity contribution in [1.29, 1.82) is 0 Å². The number of hydrogen-bond donors (Lipinski definition) is 0. The zero-order valence-electron chi connectivity index (χ0n) is 17.7. The highest BCUT2D eigenvalue weighted by molar-refractivity contribution is 5.89. The molecule has 0 spiro atoms. The number of esters is 1. The summed E-state index contributed by atoms with van der Waals surface area (Å²) < 4.78 is 5.86. The second-order valence-corrected chi connectivity index (χ2v) is 8.18. The Bertz CT molecular complexity index is 899. The van der Waals surface area contributed by atoms with E-state index < -0.39 is 5.60 Å². The van der Waals surface area contributed by atoms with Crippen LogP contribution in [0.25, 0.3) is 0 Å². The van der Waals surface area contributed by atoms with Crippen LogP contribution in [-0.2, 0) is 9.53 Å². The van der Waals surface area contributed by atoms with Crippen molar-refractivity contribution in [3.63, 3.8) is 0 Å². The minimum atomic E-state index is -0.596. The third-order valence-electron chi connectivity index (χ3n) is 6.52. The maximum Gasteiger partial charge on any atom is 0.332 e. The molecule has 1 fully saturated rings. The molecule has 0 saturated carbocycles. The molecule has 0 amide bonds. The van der Waals surface area contributed by atoms with E-state index in [1.165, 1.54) is 18.5 Å². The first kappa shape index (κ1) is 19.8. The first-order valence-corrected chi connectivity index (χ1v) is 10.8. The van der Waals surface area contributed by atoms with Crippen molar-refractivity contribution in [2.45, 2.75) is 51.7 Å². The van der Waals surface area contributed by atoms with Gasteiger partial charge in [0.2, 0.25) is 0 Å². The Kier molecular flexibility index (Phi) is 5.52. The maximum absolute atomic E-state index is 12.2. The number of ether oxygens (including phenoxy) is 1. The van der Waals surface area contributed by atoms with Gasteiger partial charge in [-0.25, -0.2) is 4.79 Å². The summed E-state index contributed by atoms with van der Waals surface area (Å²) in [7, 11) is 0. The zero-order chi connectivity index (χ0) is 20.4. The molecule has 0 bridgehead atoms. The van der Waals surface area contributed by atoms with Crippen LogP contribution in [0.15, 0.2) is 47.6 Å². The van der Waals surface area contributed by atoms with Crippen LogP contribution in [0.1, 0.15) is 45.6 Å². The average Bonchev–Trinajstić information content (AvgIpc) is 2.99. The maximum atomic E-state index is 12.2. The number of carbonyl (C=O) groups excluding carboxylic acids is 1. The molecule has 0 N–H and O–H groups in total. The third-order valence-corrected chi connectivity index (χ3v) is 6.52. The summed E-state index contributed by atoms with van der Waals surface area (Å²) in [6, 6.07) is 8.64. The number of benzene rings is 1. The van der Waals surface area contributed by atoms with Gasteiger partial charge >= 0.3 is 5.97 Å². The molecule has 0 aliphatic carbocycles. The lowest BCUT2D eigenvalue weighted by Crippen LogP contribution is -2.53. The van der Waals surface area contributed by atoms with Gasteiger partial charge in [0.25, 0.3) is 0 Å². The largest absolute Gasteiger partial charge is 0.450 e. The highest BCUT2D eigenvalue weighted by Crippen LogP contribution is 2.42. The van der Waals surface area contributed by atoms with Crippen molar-refractivity contribution >= 4 is 11.7 Å². The topological polar surface area (TPSA) is 32.8 Å². The highest BCUT2D eigenvalue weighted by Gasteiger charge is 2.50. The molecule has 0 unspecified atom stereocenters. The van der Waals surface area contributed by atoms with Gasteiger partial charge in [0.15, 0.2) is 5.60 Å². The molecule has 4 nitrogen and oxygen atoms in total. The molecule has 1 aromatic carbocycles. The number of carbonyl (C=O) groups is 1. The van der Waals surface area contributed by atoms with E-state index in [0.717, 1.165) is 49.3 Å². The van der Waals surface area contributed by atoms with Crippen LogP contribution in [-0.4, -0.2) is 48.7 Å². The first-order chi connectivity index (χ1) is 14.0. The van der Waals surface area contributed by atoms with Gasteiger partial charge in [0.1, 0.15) is 0 Å². The van der Waals surface area contributed by atoms with Gasteiger partial charge in [-0.05, 0) is 64.4 Å². The molecule has 0 radical (unpaired) electrons. The predicted molar refractivity (Wildman–Crippen MR) is 117 cm³/mol. The van der Waals surface area contributed by atoms with Gasteiger partial charge < -0.3 is 9.64 Å². The van der Waals surface area contributed by atoms with E-state index in [1.807, 2.05) is 0 Å². The molecule has 152 valence electrons. The van der Waals surface area contributed by atoms with Gasteiger partial charge in [-0.2, -0.15) is 0 Å². The van der Waals surface area contributed by atoms with E-state index in [0.29, 0.717) is 0 Å². The number of anilines is 1. The highest BCUT2D eigenvalue weighted by atomic mass is 16.6. The number of hydrogen-bond acceptors (Lipinski definition) is 4. The van der Waals surface area contributed by atoms with Crippen molar-refractivity contribution in [2.75, 3.05) is 31.1 Å². The van der Waals surface area contributed by atoms with Crippen molar-refractivity contribution in [1.82, 2.24) is 4.90 Å². The Hall–Kier alpha value is -2.51. The van der Waals surface area contributed by atoms with E-state index >= 15 is 0 Å². The average molecular weight is 391 g/mol. The molecular formula is C25H30N2O2. The molecule has 1 aromatic rings. The summed E-state index contributed by atoms with van der Waals surface area (Å²) in [6.07, 6.45) is 7.27. The molecule has 3 heterocycles. The van der Waals surface area contributed by atoms with E-state index in [9.17, 15) is 4.79 Å². The van der Waals surface area contributed by atoms with Gasteiger partial charge in [-0.1, -0.05) is 24.3 Å². The number of piperidine rings is 1. The third kappa shape index (κ3) is 3.72. The Labute approximate surface area is 174 Å². The number of rotatable bonds is 3. The summed E-state index contributed by atoms with van der Waals surface area (Å²) >= 11 is 0. The lowest BCUT2D eigenvalue weighted by molar-refractivity contribution is -0.150. The van der Waals surface area contributed by atoms with Crippen LogP contribution in [0.3, 0.4) is 0 Å². The molecule has 0 aromatic heterocycles. The summed E-state index contributed by atoms with van der Waals surface area (Å²) in [6.45, 7) is 10.3. The molecule has 29 heavy (non-hydrogen) atoms. The van der Waals surface area contributed by atoms with Crippen LogP contribution in [0.4, 0.5) is 5.69 Å². The monoisotopic (exact) mass is 390 g/mol. The van der Waals surface area contributed by atoms with E-state index in [4.69, 9.17) is 4.74 Å². The Morgan fingerprint density at radius 2 is 1.93 bits per heavy atom. The second-order valence-electron chi connectivity index (χ2n) is 8.18. The van der Waals surface area contributed by atoms with Crippen molar-refractivity contribution < 1.29 is 9.53 Å². The van der Waals surface area contributed by atoms with Crippen LogP contribution in [0.5, 0.6) is 0 Å². The predicted octanol–water partition coefficient (Wildman–Crippen LogP) is 3.92. The van der Waals surface area contributed by atoms with Crippen molar-refractivity contribution in [3.8, 4) is 11.8 Å². The summed E-state index contributed by atoms with van der Waals surface area (Å²) in [5.41, 5.74) is 3.48. The van der Waals surface area contributed by atoms with E-state index in [1.54, 1.807) is 6.08 Å². The molecular weight excluding hydrogens is 360 g/mol. The smallest absolute Gasteiger partial charge is 0.332 e. The lowest BCUT2D eigenvalue weighted by Gasteiger charge is -2.43. The van der Waals surface area contributed by atoms with Gasteiger partial charge in [-0.15, -0.1) is 0 Å². The minimum absolute atomic E-state index is 0.234. The molecule has 4 rings (SSSR count). The summed E-state index contributed by atoms with van der Waals surface area (Å²) in [5, 5.41) is 0. The SMILES string of the molecule is CCN(CC)c1ccc(C#CC2=CCN3CCCC[C@@H]3[C@@]3(C)OC(=O)C=C23)cc1. The van der Waals surface area contributed by atoms with Gasteiger partial charge in [-0.3, -0.25) is 4.90 Å². The fourth-order valence-electron chi connectivity index (χ4n) is 4.90. The van der Waals surface area contributed by atoms with E-state index in [-0.39, 0.29) is 12.0 Å². The van der Waals surface area contributed by atoms with Crippen molar-refractivity contribution in [2.24, 2.45) is 0 Å². The summed E-state index contributed by atoms with van der Waals surface area (Å²) in [5.74, 6) is 6.41. The lowest BCUT2D eigenvalue weighted by atomic mass is 9.81. The molecule has 4 heteroatoms. The molecule has 3 aliphatic heterocycles. The Morgan fingerprint density at radius 3 is 2.66 bits per heavy atom. The normalized spacial score (nSPS) is 26.2. The fourth-order valence-corrected chi connectivity index (χ4v) is 4.90. The fraction of sp³-hybridized carbons (Fsp3) is 0.480. The zero-order valence-corrected chi connectivity index (χ0v) is 17.7. The Balaban J connectivity index is 1.63. The quantitative estimate of drug-likeness (QED) is 0.579. The number of fused-ring (bicyclic) bond motifs is 3. The van der Waals surface area contributed by atoms with E-state index in [2.05, 4.69) is 72.8 Å². The first-order valence-electron chi connectivity index (χ1n) is 10.8. The van der Waals surface area contributed by atoms with Crippen LogP contribution >= 0.6 is 0 Å². The molecule has 1 saturated heterocycles. The Morgan fingerprint density at radius 1 is 1.17 bits per heavy atom. The summed E-state index contributed by atoms with van der Waals surface area (Å²) in [4.78, 5) is 16.9. The second kappa shape index (κ2) is 8.08. The minimum Gasteiger partial charge on any atom is -0.450 e. The van der Waals surface area contributed by atoms with Gasteiger partial charge in [0, 0.05) is 48.1 Å². The van der Waals surface area contributed by atoms with Crippen molar-refractivity contribution in [3.05, 3.63) is 53.1 Å². The van der Waals surface area contributed by atoms with Crippen LogP contribution in [0, 0.1) is 11.8 Å². The molecule has 3 aliphatic rings. The standard InChI is InChI=1S/C25H30N2O2/c1-4-26(5-2)21-13-10-19(11-14-21)9-12-20-15-17-27-16-7-6-8-23(27)25(3)22(20)18-24(28)29-25/h10-11,13-15,18,23H,4-8,16-17H2,1-3H3/t23-,25+/m1/s1. The van der Waals surface area contributed by atoms with Gasteiger partial charge in [0.05, 0.1) is 6.04 Å².